The minimum atomic E-state index is -0.686. The first-order valence-corrected chi connectivity index (χ1v) is 9.13. The fraction of sp³-hybridized carbons (Fsp3) is 0.200. The van der Waals surface area contributed by atoms with Gasteiger partial charge in [-0.25, -0.2) is 4.79 Å². The first-order valence-electron chi connectivity index (χ1n) is 8.38. The lowest BCUT2D eigenvalue weighted by atomic mass is 9.94. The first kappa shape index (κ1) is 19.3. The highest BCUT2D eigenvalue weighted by Crippen LogP contribution is 2.33. The van der Waals surface area contributed by atoms with Crippen molar-refractivity contribution in [1.29, 1.82) is 0 Å². The summed E-state index contributed by atoms with van der Waals surface area (Å²) >= 11 is 12.3. The van der Waals surface area contributed by atoms with Gasteiger partial charge in [-0.1, -0.05) is 47.0 Å². The smallest absolute Gasteiger partial charge is 0.319 e. The summed E-state index contributed by atoms with van der Waals surface area (Å²) < 4.78 is 0. The number of allylic oxidation sites excluding steroid dienone is 1. The van der Waals surface area contributed by atoms with Crippen LogP contribution in [0.1, 0.15) is 29.7 Å². The van der Waals surface area contributed by atoms with Crippen molar-refractivity contribution in [3.8, 4) is 0 Å². The van der Waals surface area contributed by atoms with Gasteiger partial charge in [-0.05, 0) is 50.1 Å². The number of hydrogen-bond donors (Lipinski definition) is 3. The fourth-order valence-electron chi connectivity index (χ4n) is 3.11. The Bertz CT molecular complexity index is 970. The van der Waals surface area contributed by atoms with Crippen molar-refractivity contribution in [2.24, 2.45) is 0 Å². The van der Waals surface area contributed by atoms with Crippen LogP contribution < -0.4 is 16.0 Å². The lowest BCUT2D eigenvalue weighted by molar-refractivity contribution is -0.113. The molecule has 2 aromatic carbocycles. The fourth-order valence-corrected chi connectivity index (χ4v) is 3.62. The zero-order chi connectivity index (χ0) is 19.7. The van der Waals surface area contributed by atoms with Crippen LogP contribution in [0.2, 0.25) is 10.0 Å². The maximum Gasteiger partial charge on any atom is 0.319 e. The molecule has 0 saturated heterocycles. The summed E-state index contributed by atoms with van der Waals surface area (Å²) in [6, 6.07) is 9.66. The summed E-state index contributed by atoms with van der Waals surface area (Å²) in [5.74, 6) is -0.317. The molecular formula is C20H19Cl2N3O2. The highest BCUT2D eigenvalue weighted by Gasteiger charge is 2.32. The Balaban J connectivity index is 1.99. The summed E-state index contributed by atoms with van der Waals surface area (Å²) in [5.41, 5.74) is 4.23. The Labute approximate surface area is 167 Å². The van der Waals surface area contributed by atoms with Gasteiger partial charge in [0.1, 0.15) is 0 Å². The Morgan fingerprint density at radius 2 is 1.81 bits per heavy atom. The van der Waals surface area contributed by atoms with Crippen molar-refractivity contribution < 1.29 is 9.59 Å². The SMILES string of the molecule is CC1=C(C(=O)Nc2ccc(C)cc2C)[C@H](c2ccc(Cl)cc2Cl)NC(=O)N1. The van der Waals surface area contributed by atoms with E-state index in [1.165, 1.54) is 0 Å². The third kappa shape index (κ3) is 4.10. The lowest BCUT2D eigenvalue weighted by Crippen LogP contribution is -2.46. The van der Waals surface area contributed by atoms with Gasteiger partial charge in [0.05, 0.1) is 11.6 Å². The molecule has 1 heterocycles. The van der Waals surface area contributed by atoms with Crippen LogP contribution in [-0.4, -0.2) is 11.9 Å². The molecule has 0 fully saturated rings. The summed E-state index contributed by atoms with van der Waals surface area (Å²) in [6.45, 7) is 5.61. The van der Waals surface area contributed by atoms with Crippen LogP contribution in [0.15, 0.2) is 47.7 Å². The monoisotopic (exact) mass is 403 g/mol. The lowest BCUT2D eigenvalue weighted by Gasteiger charge is -2.29. The van der Waals surface area contributed by atoms with Gasteiger partial charge in [0.15, 0.2) is 0 Å². The van der Waals surface area contributed by atoms with Crippen LogP contribution in [0.25, 0.3) is 0 Å². The summed E-state index contributed by atoms with van der Waals surface area (Å²) in [7, 11) is 0. The van der Waals surface area contributed by atoms with Gasteiger partial charge in [-0.3, -0.25) is 4.79 Å². The van der Waals surface area contributed by atoms with Crippen molar-refractivity contribution in [3.63, 3.8) is 0 Å². The molecule has 3 amide bonds. The van der Waals surface area contributed by atoms with E-state index in [0.29, 0.717) is 32.6 Å². The van der Waals surface area contributed by atoms with Gasteiger partial charge in [0.2, 0.25) is 0 Å². The molecule has 27 heavy (non-hydrogen) atoms. The van der Waals surface area contributed by atoms with E-state index < -0.39 is 12.1 Å². The van der Waals surface area contributed by atoms with E-state index in [4.69, 9.17) is 23.2 Å². The molecule has 0 aliphatic carbocycles. The predicted molar refractivity (Wildman–Crippen MR) is 108 cm³/mol. The van der Waals surface area contributed by atoms with Crippen LogP contribution in [-0.2, 0) is 4.79 Å². The van der Waals surface area contributed by atoms with E-state index in [-0.39, 0.29) is 5.91 Å². The molecule has 5 nitrogen and oxygen atoms in total. The van der Waals surface area contributed by atoms with E-state index in [1.54, 1.807) is 25.1 Å². The topological polar surface area (TPSA) is 70.2 Å². The van der Waals surface area contributed by atoms with Gasteiger partial charge in [-0.15, -0.1) is 0 Å². The number of anilines is 1. The molecule has 3 N–H and O–H groups in total. The molecule has 0 bridgehead atoms. The molecule has 0 radical (unpaired) electrons. The van der Waals surface area contributed by atoms with E-state index >= 15 is 0 Å². The number of nitrogens with one attached hydrogen (secondary N) is 3. The number of amides is 3. The number of hydrogen-bond acceptors (Lipinski definition) is 2. The summed E-state index contributed by atoms with van der Waals surface area (Å²) in [6.07, 6.45) is 0. The van der Waals surface area contributed by atoms with Gasteiger partial charge in [-0.2, -0.15) is 0 Å². The summed E-state index contributed by atoms with van der Waals surface area (Å²) in [5, 5.41) is 9.20. The second-order valence-corrected chi connectivity index (χ2v) is 7.35. The number of halogens is 2. The average Bonchev–Trinajstić information content (AvgIpc) is 2.56. The van der Waals surface area contributed by atoms with E-state index in [9.17, 15) is 9.59 Å². The molecule has 1 aliphatic rings. The number of rotatable bonds is 3. The van der Waals surface area contributed by atoms with E-state index in [1.807, 2.05) is 32.0 Å². The molecular weight excluding hydrogens is 385 g/mol. The van der Waals surface area contributed by atoms with Crippen LogP contribution in [0.5, 0.6) is 0 Å². The minimum absolute atomic E-state index is 0.317. The Hall–Kier alpha value is -2.50. The quantitative estimate of drug-likeness (QED) is 0.683. The van der Waals surface area contributed by atoms with E-state index in [0.717, 1.165) is 11.1 Å². The molecule has 0 spiro atoms. The summed E-state index contributed by atoms with van der Waals surface area (Å²) in [4.78, 5) is 25.1. The molecule has 0 unspecified atom stereocenters. The molecule has 0 aromatic heterocycles. The van der Waals surface area contributed by atoms with Crippen LogP contribution >= 0.6 is 23.2 Å². The van der Waals surface area contributed by atoms with Gasteiger partial charge in [0.25, 0.3) is 5.91 Å². The molecule has 7 heteroatoms. The zero-order valence-corrected chi connectivity index (χ0v) is 16.6. The normalized spacial score (nSPS) is 16.6. The first-order chi connectivity index (χ1) is 12.8. The van der Waals surface area contributed by atoms with E-state index in [2.05, 4.69) is 16.0 Å². The van der Waals surface area contributed by atoms with Crippen molar-refractivity contribution in [2.45, 2.75) is 26.8 Å². The standard InChI is InChI=1S/C20H19Cl2N3O2/c1-10-4-7-16(11(2)8-10)24-19(26)17-12(3)23-20(27)25-18(17)14-6-5-13(21)9-15(14)22/h4-9,18H,1-3H3,(H,24,26)(H2,23,25,27)/t18-/m0/s1. The highest BCUT2D eigenvalue weighted by atomic mass is 35.5. The van der Waals surface area contributed by atoms with Crippen molar-refractivity contribution in [3.05, 3.63) is 74.4 Å². The van der Waals surface area contributed by atoms with Crippen LogP contribution in [0, 0.1) is 13.8 Å². The molecule has 140 valence electrons. The predicted octanol–water partition coefficient (Wildman–Crippen LogP) is 4.88. The number of carbonyl (C=O) groups excluding carboxylic acids is 2. The van der Waals surface area contributed by atoms with Crippen molar-refractivity contribution in [1.82, 2.24) is 10.6 Å². The second-order valence-electron chi connectivity index (χ2n) is 6.51. The number of aryl methyl sites for hydroxylation is 2. The van der Waals surface area contributed by atoms with Crippen molar-refractivity contribution >= 4 is 40.8 Å². The Morgan fingerprint density at radius 3 is 2.48 bits per heavy atom. The molecule has 3 rings (SSSR count). The molecule has 0 saturated carbocycles. The second kappa shape index (κ2) is 7.62. The minimum Gasteiger partial charge on any atom is -0.327 e. The zero-order valence-electron chi connectivity index (χ0n) is 15.1. The number of benzene rings is 2. The number of urea groups is 1. The Kier molecular flexibility index (Phi) is 5.44. The number of carbonyl (C=O) groups is 2. The molecule has 2 aromatic rings. The van der Waals surface area contributed by atoms with Crippen molar-refractivity contribution in [2.75, 3.05) is 5.32 Å². The third-order valence-electron chi connectivity index (χ3n) is 4.42. The molecule has 1 atom stereocenters. The van der Waals surface area contributed by atoms with Gasteiger partial charge in [0, 0.05) is 21.4 Å². The maximum absolute atomic E-state index is 13.1. The van der Waals surface area contributed by atoms with Crippen LogP contribution in [0.3, 0.4) is 0 Å². The average molecular weight is 404 g/mol. The third-order valence-corrected chi connectivity index (χ3v) is 4.98. The highest BCUT2D eigenvalue weighted by molar-refractivity contribution is 6.35. The van der Waals surface area contributed by atoms with Gasteiger partial charge >= 0.3 is 6.03 Å². The van der Waals surface area contributed by atoms with Crippen LogP contribution in [0.4, 0.5) is 10.5 Å². The van der Waals surface area contributed by atoms with Gasteiger partial charge < -0.3 is 16.0 Å². The largest absolute Gasteiger partial charge is 0.327 e. The molecule has 1 aliphatic heterocycles. The Morgan fingerprint density at radius 1 is 1.07 bits per heavy atom. The maximum atomic E-state index is 13.1.